The van der Waals surface area contributed by atoms with E-state index in [1.165, 1.54) is 19.1 Å². The summed E-state index contributed by atoms with van der Waals surface area (Å²) in [6.45, 7) is 3.36. The molecular weight excluding hydrogens is 365 g/mol. The number of hydrogen-bond donors (Lipinski definition) is 1. The van der Waals surface area contributed by atoms with E-state index in [0.717, 1.165) is 11.6 Å². The molecule has 0 aromatic heterocycles. The van der Waals surface area contributed by atoms with Crippen molar-refractivity contribution in [2.75, 3.05) is 5.32 Å². The maximum Gasteiger partial charge on any atom is 0.341 e. The molecule has 1 N–H and O–H groups in total. The molecule has 0 bridgehead atoms. The van der Waals surface area contributed by atoms with Gasteiger partial charge in [-0.05, 0) is 44.2 Å². The van der Waals surface area contributed by atoms with E-state index in [-0.39, 0.29) is 5.56 Å². The van der Waals surface area contributed by atoms with E-state index in [1.54, 1.807) is 12.1 Å². The molecule has 0 saturated carbocycles. The van der Waals surface area contributed by atoms with Gasteiger partial charge in [0.05, 0.1) is 5.56 Å². The fourth-order valence-electron chi connectivity index (χ4n) is 1.81. The molecule has 0 aliphatic rings. The van der Waals surface area contributed by atoms with Crippen molar-refractivity contribution < 1.29 is 18.7 Å². The molecule has 1 unspecified atom stereocenters. The number of carbonyl (C=O) groups is 2. The fourth-order valence-corrected chi connectivity index (χ4v) is 2.17. The SMILES string of the molecule is Cc1ccc(NC(=O)C(C)OC(=O)c2cc(Br)ccc2F)cc1. The topological polar surface area (TPSA) is 55.4 Å². The van der Waals surface area contributed by atoms with Crippen LogP contribution >= 0.6 is 15.9 Å². The molecule has 0 spiro atoms. The zero-order valence-corrected chi connectivity index (χ0v) is 14.2. The Morgan fingerprint density at radius 1 is 1.17 bits per heavy atom. The molecule has 2 aromatic carbocycles. The third-order valence-electron chi connectivity index (χ3n) is 3.12. The monoisotopic (exact) mass is 379 g/mol. The van der Waals surface area contributed by atoms with Crippen LogP contribution in [0.2, 0.25) is 0 Å². The van der Waals surface area contributed by atoms with E-state index < -0.39 is 23.8 Å². The molecule has 120 valence electrons. The molecule has 1 amide bonds. The standard InChI is InChI=1S/C17H15BrFNO3/c1-10-3-6-13(7-4-10)20-16(21)11(2)23-17(22)14-9-12(18)5-8-15(14)19/h3-9,11H,1-2H3,(H,20,21). The van der Waals surface area contributed by atoms with Gasteiger partial charge in [-0.3, -0.25) is 4.79 Å². The Hall–Kier alpha value is -2.21. The minimum atomic E-state index is -1.05. The number of nitrogens with one attached hydrogen (secondary N) is 1. The third kappa shape index (κ3) is 4.63. The lowest BCUT2D eigenvalue weighted by Gasteiger charge is -2.14. The van der Waals surface area contributed by atoms with Gasteiger partial charge in [0.2, 0.25) is 0 Å². The van der Waals surface area contributed by atoms with Gasteiger partial charge < -0.3 is 10.1 Å². The van der Waals surface area contributed by atoms with Crippen LogP contribution < -0.4 is 5.32 Å². The Balaban J connectivity index is 2.01. The predicted octanol–water partition coefficient (Wildman–Crippen LogP) is 4.08. The van der Waals surface area contributed by atoms with Crippen LogP contribution in [0.4, 0.5) is 10.1 Å². The number of benzene rings is 2. The van der Waals surface area contributed by atoms with Gasteiger partial charge in [0.15, 0.2) is 6.10 Å². The summed E-state index contributed by atoms with van der Waals surface area (Å²) in [5.74, 6) is -2.09. The molecule has 0 saturated heterocycles. The number of halogens is 2. The van der Waals surface area contributed by atoms with Crippen molar-refractivity contribution in [2.24, 2.45) is 0 Å². The van der Waals surface area contributed by atoms with Gasteiger partial charge in [0.1, 0.15) is 5.82 Å². The Bertz CT molecular complexity index is 731. The average Bonchev–Trinajstić information content (AvgIpc) is 2.51. The van der Waals surface area contributed by atoms with Crippen molar-refractivity contribution in [3.8, 4) is 0 Å². The van der Waals surface area contributed by atoms with Crippen LogP contribution in [0, 0.1) is 12.7 Å². The fraction of sp³-hybridized carbons (Fsp3) is 0.176. The summed E-state index contributed by atoms with van der Waals surface area (Å²) in [6.07, 6.45) is -1.05. The number of ether oxygens (including phenoxy) is 1. The van der Waals surface area contributed by atoms with Crippen LogP contribution in [-0.2, 0) is 9.53 Å². The van der Waals surface area contributed by atoms with Crippen LogP contribution in [0.1, 0.15) is 22.8 Å². The first kappa shape index (κ1) is 17.1. The number of esters is 1. The summed E-state index contributed by atoms with van der Waals surface area (Å²) < 4.78 is 19.2. The molecule has 4 nitrogen and oxygen atoms in total. The molecular formula is C17H15BrFNO3. The number of anilines is 1. The molecule has 0 heterocycles. The highest BCUT2D eigenvalue weighted by molar-refractivity contribution is 9.10. The summed E-state index contributed by atoms with van der Waals surface area (Å²) in [4.78, 5) is 24.0. The second-order valence-electron chi connectivity index (χ2n) is 5.03. The van der Waals surface area contributed by atoms with Crippen LogP contribution in [0.15, 0.2) is 46.9 Å². The van der Waals surface area contributed by atoms with Crippen molar-refractivity contribution in [3.63, 3.8) is 0 Å². The smallest absolute Gasteiger partial charge is 0.341 e. The van der Waals surface area contributed by atoms with Gasteiger partial charge in [-0.1, -0.05) is 33.6 Å². The lowest BCUT2D eigenvalue weighted by atomic mass is 10.2. The molecule has 0 aliphatic heterocycles. The summed E-state index contributed by atoms with van der Waals surface area (Å²) >= 11 is 3.16. The van der Waals surface area contributed by atoms with E-state index in [1.807, 2.05) is 19.1 Å². The third-order valence-corrected chi connectivity index (χ3v) is 3.61. The summed E-state index contributed by atoms with van der Waals surface area (Å²) in [5, 5.41) is 2.63. The van der Waals surface area contributed by atoms with Crippen molar-refractivity contribution in [2.45, 2.75) is 20.0 Å². The zero-order valence-electron chi connectivity index (χ0n) is 12.6. The van der Waals surface area contributed by atoms with E-state index in [4.69, 9.17) is 4.74 Å². The number of amides is 1. The Morgan fingerprint density at radius 3 is 2.48 bits per heavy atom. The normalized spacial score (nSPS) is 11.7. The molecule has 2 aromatic rings. The highest BCUT2D eigenvalue weighted by Gasteiger charge is 2.21. The number of aryl methyl sites for hydroxylation is 1. The second kappa shape index (κ2) is 7.37. The van der Waals surface area contributed by atoms with Crippen molar-refractivity contribution >= 4 is 33.5 Å². The first-order chi connectivity index (χ1) is 10.9. The lowest BCUT2D eigenvalue weighted by Crippen LogP contribution is -2.30. The van der Waals surface area contributed by atoms with Crippen LogP contribution in [-0.4, -0.2) is 18.0 Å². The quantitative estimate of drug-likeness (QED) is 0.814. The number of rotatable bonds is 4. The van der Waals surface area contributed by atoms with E-state index >= 15 is 0 Å². The summed E-state index contributed by atoms with van der Waals surface area (Å²) in [6, 6.07) is 11.1. The van der Waals surface area contributed by atoms with Crippen molar-refractivity contribution in [1.82, 2.24) is 0 Å². The van der Waals surface area contributed by atoms with Crippen LogP contribution in [0.25, 0.3) is 0 Å². The molecule has 2 rings (SSSR count). The van der Waals surface area contributed by atoms with Crippen LogP contribution in [0.5, 0.6) is 0 Å². The lowest BCUT2D eigenvalue weighted by molar-refractivity contribution is -0.123. The molecule has 1 atom stereocenters. The number of hydrogen-bond acceptors (Lipinski definition) is 3. The average molecular weight is 380 g/mol. The summed E-state index contributed by atoms with van der Waals surface area (Å²) in [5.41, 5.74) is 1.43. The van der Waals surface area contributed by atoms with Crippen molar-refractivity contribution in [3.05, 3.63) is 63.9 Å². The number of carbonyl (C=O) groups excluding carboxylic acids is 2. The predicted molar refractivity (Wildman–Crippen MR) is 88.8 cm³/mol. The molecule has 0 fully saturated rings. The Morgan fingerprint density at radius 2 is 1.83 bits per heavy atom. The van der Waals surface area contributed by atoms with Gasteiger partial charge >= 0.3 is 5.97 Å². The van der Waals surface area contributed by atoms with Gasteiger partial charge in [-0.2, -0.15) is 0 Å². The van der Waals surface area contributed by atoms with Gasteiger partial charge in [0.25, 0.3) is 5.91 Å². The van der Waals surface area contributed by atoms with Crippen LogP contribution in [0.3, 0.4) is 0 Å². The van der Waals surface area contributed by atoms with Gasteiger partial charge in [-0.15, -0.1) is 0 Å². The molecule has 0 radical (unpaired) electrons. The second-order valence-corrected chi connectivity index (χ2v) is 5.94. The van der Waals surface area contributed by atoms with E-state index in [0.29, 0.717) is 10.2 Å². The Kier molecular flexibility index (Phi) is 5.50. The maximum atomic E-state index is 13.6. The van der Waals surface area contributed by atoms with Gasteiger partial charge in [-0.25, -0.2) is 9.18 Å². The van der Waals surface area contributed by atoms with E-state index in [9.17, 15) is 14.0 Å². The first-order valence-corrected chi connectivity index (χ1v) is 7.69. The molecule has 23 heavy (non-hydrogen) atoms. The van der Waals surface area contributed by atoms with Gasteiger partial charge in [0, 0.05) is 10.2 Å². The Labute approximate surface area is 141 Å². The minimum Gasteiger partial charge on any atom is -0.449 e. The highest BCUT2D eigenvalue weighted by Crippen LogP contribution is 2.17. The molecule has 6 heteroatoms. The molecule has 0 aliphatic carbocycles. The zero-order chi connectivity index (χ0) is 17.0. The minimum absolute atomic E-state index is 0.227. The highest BCUT2D eigenvalue weighted by atomic mass is 79.9. The largest absolute Gasteiger partial charge is 0.449 e. The maximum absolute atomic E-state index is 13.6. The first-order valence-electron chi connectivity index (χ1n) is 6.90. The van der Waals surface area contributed by atoms with E-state index in [2.05, 4.69) is 21.2 Å². The summed E-state index contributed by atoms with van der Waals surface area (Å²) in [7, 11) is 0. The van der Waals surface area contributed by atoms with Crippen molar-refractivity contribution in [1.29, 1.82) is 0 Å².